The Kier molecular flexibility index (Phi) is 15.2. The maximum Gasteiger partial charge on any atom is -0.00485 e. The van der Waals surface area contributed by atoms with Crippen LogP contribution in [0.2, 0.25) is 0 Å². The van der Waals surface area contributed by atoms with E-state index in [1.54, 1.807) is 0 Å². The second-order valence-electron chi connectivity index (χ2n) is 2.53. The molecule has 0 radical (unpaired) electrons. The molecule has 0 bridgehead atoms. The molecule has 1 atom stereocenters. The zero-order valence-corrected chi connectivity index (χ0v) is 8.88. The first-order valence-electron chi connectivity index (χ1n) is 4.79. The van der Waals surface area contributed by atoms with Crippen molar-refractivity contribution in [1.82, 2.24) is 0 Å². The number of nitrogens with two attached hydrogens (primary N) is 1. The summed E-state index contributed by atoms with van der Waals surface area (Å²) in [6.45, 7) is 8.94. The number of hydrogen-bond donors (Lipinski definition) is 1. The van der Waals surface area contributed by atoms with Crippen molar-refractivity contribution in [3.05, 3.63) is 24.3 Å². The molecule has 0 fully saturated rings. The van der Waals surface area contributed by atoms with E-state index < -0.39 is 0 Å². The molecular formula is C11H23N. The minimum Gasteiger partial charge on any atom is -0.330 e. The smallest absolute Gasteiger partial charge is 0.00485 e. The Balaban J connectivity index is 0. The third-order valence-electron chi connectivity index (χ3n) is 1.38. The van der Waals surface area contributed by atoms with Crippen LogP contribution in [0.4, 0.5) is 0 Å². The minimum absolute atomic E-state index is 0.613. The Hall–Kier alpha value is -0.560. The van der Waals surface area contributed by atoms with Crippen LogP contribution in [0.3, 0.4) is 0 Å². The van der Waals surface area contributed by atoms with E-state index in [1.165, 1.54) is 0 Å². The van der Waals surface area contributed by atoms with E-state index in [4.69, 9.17) is 5.73 Å². The SMILES string of the molecule is C/C=C\C=C/CC(C)CN.CC. The summed E-state index contributed by atoms with van der Waals surface area (Å²) >= 11 is 0. The number of hydrogen-bond acceptors (Lipinski definition) is 1. The molecule has 0 aromatic rings. The standard InChI is InChI=1S/C9H17N.C2H6/c1-3-4-5-6-7-9(2)8-10;1-2/h3-6,9H,7-8,10H2,1-2H3;1-2H3/b4-3-,6-5-;. The monoisotopic (exact) mass is 169 g/mol. The van der Waals surface area contributed by atoms with Crippen molar-refractivity contribution in [2.24, 2.45) is 11.7 Å². The fraction of sp³-hybridized carbons (Fsp3) is 0.636. The Bertz CT molecular complexity index is 114. The summed E-state index contributed by atoms with van der Waals surface area (Å²) in [5.41, 5.74) is 5.43. The number of allylic oxidation sites excluding steroid dienone is 4. The minimum atomic E-state index is 0.613. The van der Waals surface area contributed by atoms with E-state index in [0.717, 1.165) is 13.0 Å². The second kappa shape index (κ2) is 13.1. The van der Waals surface area contributed by atoms with Crippen LogP contribution in [0.1, 0.15) is 34.1 Å². The van der Waals surface area contributed by atoms with Gasteiger partial charge in [0.15, 0.2) is 0 Å². The lowest BCUT2D eigenvalue weighted by atomic mass is 10.1. The highest BCUT2D eigenvalue weighted by Crippen LogP contribution is 1.99. The van der Waals surface area contributed by atoms with E-state index in [2.05, 4.69) is 19.1 Å². The molecule has 72 valence electrons. The first-order chi connectivity index (χ1) is 5.81. The molecule has 0 aromatic carbocycles. The molecule has 2 N–H and O–H groups in total. The van der Waals surface area contributed by atoms with Crippen LogP contribution in [0.25, 0.3) is 0 Å². The molecule has 0 aromatic heterocycles. The van der Waals surface area contributed by atoms with E-state index in [0.29, 0.717) is 5.92 Å². The molecule has 0 rings (SSSR count). The summed E-state index contributed by atoms with van der Waals surface area (Å²) in [5, 5.41) is 0. The normalized spacial score (nSPS) is 13.1. The van der Waals surface area contributed by atoms with E-state index >= 15 is 0 Å². The molecule has 1 heteroatoms. The topological polar surface area (TPSA) is 26.0 Å². The summed E-state index contributed by atoms with van der Waals surface area (Å²) < 4.78 is 0. The van der Waals surface area contributed by atoms with Gasteiger partial charge in [0.1, 0.15) is 0 Å². The Morgan fingerprint density at radius 2 is 1.83 bits per heavy atom. The zero-order valence-electron chi connectivity index (χ0n) is 8.88. The van der Waals surface area contributed by atoms with Gasteiger partial charge in [-0.25, -0.2) is 0 Å². The first-order valence-corrected chi connectivity index (χ1v) is 4.79. The molecule has 0 aliphatic heterocycles. The van der Waals surface area contributed by atoms with Crippen LogP contribution < -0.4 is 5.73 Å². The molecule has 0 saturated heterocycles. The third-order valence-corrected chi connectivity index (χ3v) is 1.38. The van der Waals surface area contributed by atoms with Gasteiger partial charge in [0, 0.05) is 0 Å². The predicted octanol–water partition coefficient (Wildman–Crippen LogP) is 3.13. The van der Waals surface area contributed by atoms with Crippen molar-refractivity contribution in [2.75, 3.05) is 6.54 Å². The van der Waals surface area contributed by atoms with Crippen LogP contribution in [0.5, 0.6) is 0 Å². The van der Waals surface area contributed by atoms with Crippen LogP contribution in [-0.2, 0) is 0 Å². The molecule has 0 heterocycles. The second-order valence-corrected chi connectivity index (χ2v) is 2.53. The third kappa shape index (κ3) is 12.1. The Morgan fingerprint density at radius 1 is 1.25 bits per heavy atom. The zero-order chi connectivity index (χ0) is 9.82. The van der Waals surface area contributed by atoms with Crippen molar-refractivity contribution in [3.8, 4) is 0 Å². The van der Waals surface area contributed by atoms with Gasteiger partial charge >= 0.3 is 0 Å². The lowest BCUT2D eigenvalue weighted by molar-refractivity contribution is 0.606. The van der Waals surface area contributed by atoms with Crippen molar-refractivity contribution in [3.63, 3.8) is 0 Å². The van der Waals surface area contributed by atoms with Gasteiger partial charge in [-0.2, -0.15) is 0 Å². The van der Waals surface area contributed by atoms with Gasteiger partial charge in [-0.1, -0.05) is 45.1 Å². The highest BCUT2D eigenvalue weighted by molar-refractivity contribution is 5.01. The fourth-order valence-electron chi connectivity index (χ4n) is 0.597. The first kappa shape index (κ1) is 14.0. The van der Waals surface area contributed by atoms with Crippen molar-refractivity contribution < 1.29 is 0 Å². The highest BCUT2D eigenvalue weighted by Gasteiger charge is 1.91. The molecule has 0 spiro atoms. The van der Waals surface area contributed by atoms with Gasteiger partial charge in [0.2, 0.25) is 0 Å². The average Bonchev–Trinajstić information content (AvgIpc) is 2.15. The predicted molar refractivity (Wildman–Crippen MR) is 58.1 cm³/mol. The summed E-state index contributed by atoms with van der Waals surface area (Å²) in [6.07, 6.45) is 9.34. The van der Waals surface area contributed by atoms with E-state index in [1.807, 2.05) is 32.9 Å². The van der Waals surface area contributed by atoms with Crippen LogP contribution >= 0.6 is 0 Å². The molecule has 12 heavy (non-hydrogen) atoms. The maximum absolute atomic E-state index is 5.43. The quantitative estimate of drug-likeness (QED) is 0.643. The summed E-state index contributed by atoms with van der Waals surface area (Å²) in [5.74, 6) is 0.613. The largest absolute Gasteiger partial charge is 0.330 e. The lowest BCUT2D eigenvalue weighted by Crippen LogP contribution is -2.09. The van der Waals surface area contributed by atoms with Gasteiger partial charge in [-0.05, 0) is 25.8 Å². The molecule has 1 nitrogen and oxygen atoms in total. The Morgan fingerprint density at radius 3 is 2.25 bits per heavy atom. The van der Waals surface area contributed by atoms with E-state index in [9.17, 15) is 0 Å². The number of rotatable bonds is 4. The molecule has 0 aliphatic rings. The van der Waals surface area contributed by atoms with Crippen LogP contribution in [0, 0.1) is 5.92 Å². The summed E-state index contributed by atoms with van der Waals surface area (Å²) in [4.78, 5) is 0. The van der Waals surface area contributed by atoms with E-state index in [-0.39, 0.29) is 0 Å². The lowest BCUT2D eigenvalue weighted by Gasteiger charge is -2.01. The van der Waals surface area contributed by atoms with Crippen LogP contribution in [0.15, 0.2) is 24.3 Å². The molecule has 1 unspecified atom stereocenters. The summed E-state index contributed by atoms with van der Waals surface area (Å²) in [7, 11) is 0. The average molecular weight is 169 g/mol. The highest BCUT2D eigenvalue weighted by atomic mass is 14.5. The van der Waals surface area contributed by atoms with Gasteiger partial charge in [-0.15, -0.1) is 0 Å². The molecule has 0 aliphatic carbocycles. The van der Waals surface area contributed by atoms with Crippen molar-refractivity contribution >= 4 is 0 Å². The molecule has 0 saturated carbocycles. The van der Waals surface area contributed by atoms with Gasteiger partial charge in [0.05, 0.1) is 0 Å². The Labute approximate surface area is 77.4 Å². The van der Waals surface area contributed by atoms with Gasteiger partial charge in [-0.3, -0.25) is 0 Å². The summed E-state index contributed by atoms with van der Waals surface area (Å²) in [6, 6.07) is 0. The molecular weight excluding hydrogens is 146 g/mol. The molecule has 0 amide bonds. The maximum atomic E-state index is 5.43. The van der Waals surface area contributed by atoms with Gasteiger partial charge < -0.3 is 5.73 Å². The van der Waals surface area contributed by atoms with Crippen molar-refractivity contribution in [2.45, 2.75) is 34.1 Å². The van der Waals surface area contributed by atoms with Crippen molar-refractivity contribution in [1.29, 1.82) is 0 Å². The van der Waals surface area contributed by atoms with Crippen LogP contribution in [-0.4, -0.2) is 6.54 Å². The fourth-order valence-corrected chi connectivity index (χ4v) is 0.597. The van der Waals surface area contributed by atoms with Gasteiger partial charge in [0.25, 0.3) is 0 Å².